The van der Waals surface area contributed by atoms with Crippen LogP contribution in [-0.4, -0.2) is 28.5 Å². The first-order valence-corrected chi connectivity index (χ1v) is 10.2. The molecule has 1 aliphatic heterocycles. The van der Waals surface area contributed by atoms with Crippen molar-refractivity contribution in [3.8, 4) is 0 Å². The van der Waals surface area contributed by atoms with Crippen LogP contribution in [0.1, 0.15) is 41.8 Å². The number of anilines is 2. The molecule has 0 saturated heterocycles. The van der Waals surface area contributed by atoms with Gasteiger partial charge in [-0.1, -0.05) is 48.5 Å². The van der Waals surface area contributed by atoms with Gasteiger partial charge in [0.1, 0.15) is 0 Å². The summed E-state index contributed by atoms with van der Waals surface area (Å²) in [6.45, 7) is 5.70. The van der Waals surface area contributed by atoms with E-state index in [9.17, 15) is 4.79 Å². The highest BCUT2D eigenvalue weighted by Crippen LogP contribution is 2.28. The van der Waals surface area contributed by atoms with E-state index < -0.39 is 0 Å². The van der Waals surface area contributed by atoms with Gasteiger partial charge >= 0.3 is 0 Å². The average Bonchev–Trinajstić information content (AvgIpc) is 2.77. The van der Waals surface area contributed by atoms with Crippen LogP contribution in [0.3, 0.4) is 0 Å². The molecular formula is C24H26N4O. The lowest BCUT2D eigenvalue weighted by molar-refractivity contribution is 0.0984. The summed E-state index contributed by atoms with van der Waals surface area (Å²) in [7, 11) is 0. The number of nitrogens with zero attached hydrogens (tertiary/aromatic N) is 4. The molecule has 4 rings (SSSR count). The van der Waals surface area contributed by atoms with Gasteiger partial charge in [0.2, 0.25) is 5.95 Å². The van der Waals surface area contributed by atoms with E-state index in [1.807, 2.05) is 41.3 Å². The van der Waals surface area contributed by atoms with Gasteiger partial charge in [0.25, 0.3) is 5.91 Å². The second-order valence-corrected chi connectivity index (χ2v) is 7.67. The second-order valence-electron chi connectivity index (χ2n) is 7.67. The van der Waals surface area contributed by atoms with Crippen LogP contribution in [0, 0.1) is 0 Å². The number of amides is 1. The molecular weight excluding hydrogens is 360 g/mol. The fourth-order valence-electron chi connectivity index (χ4n) is 3.74. The molecule has 1 amide bonds. The lowest BCUT2D eigenvalue weighted by Gasteiger charge is -2.30. The molecule has 3 aromatic rings. The molecule has 0 aliphatic carbocycles. The van der Waals surface area contributed by atoms with Gasteiger partial charge < -0.3 is 9.80 Å². The number of aryl methyl sites for hydroxylation is 1. The predicted octanol–water partition coefficient (Wildman–Crippen LogP) is 4.48. The zero-order valence-electron chi connectivity index (χ0n) is 17.0. The SMILES string of the molecule is CC(C)N(Cc1ccccc1)c1ncc(C(=O)N2CCCc3ccccc32)cn1. The fraction of sp³-hybridized carbons (Fsp3) is 0.292. The van der Waals surface area contributed by atoms with Crippen molar-refractivity contribution >= 4 is 17.5 Å². The third-order valence-corrected chi connectivity index (χ3v) is 5.32. The van der Waals surface area contributed by atoms with Crippen molar-refractivity contribution in [2.45, 2.75) is 39.3 Å². The Hall–Kier alpha value is -3.21. The van der Waals surface area contributed by atoms with Crippen LogP contribution < -0.4 is 9.80 Å². The van der Waals surface area contributed by atoms with E-state index in [0.717, 1.165) is 31.6 Å². The summed E-state index contributed by atoms with van der Waals surface area (Å²) in [5, 5.41) is 0. The van der Waals surface area contributed by atoms with Gasteiger partial charge in [-0.2, -0.15) is 0 Å². The Morgan fingerprint density at radius 1 is 1.03 bits per heavy atom. The fourth-order valence-corrected chi connectivity index (χ4v) is 3.74. The number of hydrogen-bond donors (Lipinski definition) is 0. The van der Waals surface area contributed by atoms with Crippen molar-refractivity contribution in [1.82, 2.24) is 9.97 Å². The number of hydrogen-bond acceptors (Lipinski definition) is 4. The van der Waals surface area contributed by atoms with Crippen molar-refractivity contribution < 1.29 is 4.79 Å². The summed E-state index contributed by atoms with van der Waals surface area (Å²) >= 11 is 0. The number of benzene rings is 2. The summed E-state index contributed by atoms with van der Waals surface area (Å²) in [6.07, 6.45) is 5.29. The first-order chi connectivity index (χ1) is 14.1. The van der Waals surface area contributed by atoms with Crippen LogP contribution in [0.5, 0.6) is 0 Å². The lowest BCUT2D eigenvalue weighted by atomic mass is 10.0. The minimum Gasteiger partial charge on any atom is -0.334 e. The van der Waals surface area contributed by atoms with E-state index in [2.05, 4.69) is 46.9 Å². The lowest BCUT2D eigenvalue weighted by Crippen LogP contribution is -2.36. The van der Waals surface area contributed by atoms with E-state index in [-0.39, 0.29) is 11.9 Å². The molecule has 0 radical (unpaired) electrons. The molecule has 1 aliphatic rings. The molecule has 2 heterocycles. The monoisotopic (exact) mass is 386 g/mol. The van der Waals surface area contributed by atoms with E-state index in [1.165, 1.54) is 11.1 Å². The Kier molecular flexibility index (Phi) is 5.56. The van der Waals surface area contributed by atoms with E-state index in [1.54, 1.807) is 12.4 Å². The van der Waals surface area contributed by atoms with Gasteiger partial charge in [-0.3, -0.25) is 4.79 Å². The maximum Gasteiger partial charge on any atom is 0.261 e. The minimum absolute atomic E-state index is 0.0390. The molecule has 0 fully saturated rings. The molecule has 0 saturated carbocycles. The number of aromatic nitrogens is 2. The molecule has 5 heteroatoms. The average molecular weight is 386 g/mol. The predicted molar refractivity (Wildman–Crippen MR) is 116 cm³/mol. The van der Waals surface area contributed by atoms with Crippen molar-refractivity contribution in [2.24, 2.45) is 0 Å². The van der Waals surface area contributed by atoms with Crippen LogP contribution in [0.2, 0.25) is 0 Å². The zero-order chi connectivity index (χ0) is 20.2. The highest BCUT2D eigenvalue weighted by atomic mass is 16.2. The third-order valence-electron chi connectivity index (χ3n) is 5.32. The Bertz CT molecular complexity index is 970. The van der Waals surface area contributed by atoms with Crippen LogP contribution in [0.4, 0.5) is 11.6 Å². The van der Waals surface area contributed by atoms with Gasteiger partial charge in [-0.25, -0.2) is 9.97 Å². The van der Waals surface area contributed by atoms with Gasteiger partial charge in [0.15, 0.2) is 0 Å². The summed E-state index contributed by atoms with van der Waals surface area (Å²) in [5.41, 5.74) is 3.95. The van der Waals surface area contributed by atoms with Crippen LogP contribution in [0.15, 0.2) is 67.0 Å². The Morgan fingerprint density at radius 2 is 1.72 bits per heavy atom. The number of carbonyl (C=O) groups is 1. The first-order valence-electron chi connectivity index (χ1n) is 10.2. The van der Waals surface area contributed by atoms with E-state index in [4.69, 9.17) is 0 Å². The largest absolute Gasteiger partial charge is 0.334 e. The number of rotatable bonds is 5. The second kappa shape index (κ2) is 8.43. The molecule has 0 atom stereocenters. The molecule has 0 spiro atoms. The maximum atomic E-state index is 13.1. The number of para-hydroxylation sites is 1. The van der Waals surface area contributed by atoms with Crippen molar-refractivity contribution in [2.75, 3.05) is 16.3 Å². The van der Waals surface area contributed by atoms with Gasteiger partial charge in [-0.05, 0) is 43.9 Å². The highest BCUT2D eigenvalue weighted by molar-refractivity contribution is 6.06. The standard InChI is InChI=1S/C24H26N4O/c1-18(2)28(17-19-9-4-3-5-10-19)24-25-15-21(16-26-24)23(29)27-14-8-12-20-11-6-7-13-22(20)27/h3-7,9-11,13,15-16,18H,8,12,14,17H2,1-2H3. The van der Waals surface area contributed by atoms with Crippen LogP contribution in [0.25, 0.3) is 0 Å². The molecule has 1 aromatic heterocycles. The quantitative estimate of drug-likeness (QED) is 0.648. The molecule has 29 heavy (non-hydrogen) atoms. The van der Waals surface area contributed by atoms with Crippen molar-refractivity contribution in [1.29, 1.82) is 0 Å². The normalized spacial score (nSPS) is 13.3. The molecule has 148 valence electrons. The molecule has 0 bridgehead atoms. The first kappa shape index (κ1) is 19.1. The van der Waals surface area contributed by atoms with Gasteiger partial charge in [0, 0.05) is 37.2 Å². The summed E-state index contributed by atoms with van der Waals surface area (Å²) in [4.78, 5) is 26.2. The highest BCUT2D eigenvalue weighted by Gasteiger charge is 2.24. The van der Waals surface area contributed by atoms with Crippen molar-refractivity contribution in [3.05, 3.63) is 83.7 Å². The van der Waals surface area contributed by atoms with Crippen molar-refractivity contribution in [3.63, 3.8) is 0 Å². The molecule has 5 nitrogen and oxygen atoms in total. The summed E-state index contributed by atoms with van der Waals surface area (Å²) in [6, 6.07) is 18.6. The summed E-state index contributed by atoms with van der Waals surface area (Å²) in [5.74, 6) is 0.599. The van der Waals surface area contributed by atoms with E-state index >= 15 is 0 Å². The number of carbonyl (C=O) groups excluding carboxylic acids is 1. The van der Waals surface area contributed by atoms with Gasteiger partial charge in [0.05, 0.1) is 5.56 Å². The topological polar surface area (TPSA) is 49.3 Å². The van der Waals surface area contributed by atoms with Crippen LogP contribution >= 0.6 is 0 Å². The zero-order valence-corrected chi connectivity index (χ0v) is 17.0. The molecule has 0 N–H and O–H groups in total. The summed E-state index contributed by atoms with van der Waals surface area (Å²) < 4.78 is 0. The van der Waals surface area contributed by atoms with E-state index in [0.29, 0.717) is 11.5 Å². The van der Waals surface area contributed by atoms with Gasteiger partial charge in [-0.15, -0.1) is 0 Å². The Balaban J connectivity index is 1.55. The molecule has 2 aromatic carbocycles. The Morgan fingerprint density at radius 3 is 2.45 bits per heavy atom. The smallest absolute Gasteiger partial charge is 0.261 e. The van der Waals surface area contributed by atoms with Crippen LogP contribution in [-0.2, 0) is 13.0 Å². The number of fused-ring (bicyclic) bond motifs is 1. The minimum atomic E-state index is -0.0390. The maximum absolute atomic E-state index is 13.1. The molecule has 0 unspecified atom stereocenters. The Labute approximate surface area is 172 Å². The third kappa shape index (κ3) is 4.14.